The molecule has 6 heteroatoms. The van der Waals surface area contributed by atoms with Crippen LogP contribution in [0.4, 0.5) is 9.52 Å². The average molecular weight is 370 g/mol. The van der Waals surface area contributed by atoms with E-state index in [9.17, 15) is 9.18 Å². The summed E-state index contributed by atoms with van der Waals surface area (Å²) < 4.78 is 18.2. The number of benzene rings is 2. The number of nitrogens with one attached hydrogen (secondary N) is 1. The number of anilines is 1. The van der Waals surface area contributed by atoms with Gasteiger partial charge in [-0.05, 0) is 55.3 Å². The third kappa shape index (κ3) is 4.08. The Morgan fingerprint density at radius 1 is 1.19 bits per heavy atom. The molecule has 1 N–H and O–H groups in total. The number of aromatic nitrogens is 1. The lowest BCUT2D eigenvalue weighted by Crippen LogP contribution is -2.14. The van der Waals surface area contributed by atoms with Gasteiger partial charge in [-0.15, -0.1) is 11.3 Å². The summed E-state index contributed by atoms with van der Waals surface area (Å²) in [6.07, 6.45) is 0.176. The lowest BCUT2D eigenvalue weighted by molar-refractivity contribution is -0.115. The Morgan fingerprint density at radius 3 is 2.58 bits per heavy atom. The molecule has 0 saturated carbocycles. The second-order valence-electron chi connectivity index (χ2n) is 5.96. The Labute approximate surface area is 155 Å². The fourth-order valence-corrected chi connectivity index (χ4v) is 3.55. The zero-order chi connectivity index (χ0) is 18.7. The summed E-state index contributed by atoms with van der Waals surface area (Å²) in [4.78, 5) is 17.8. The molecule has 0 unspecified atom stereocenters. The number of ether oxygens (including phenoxy) is 1. The molecule has 0 saturated heterocycles. The Morgan fingerprint density at radius 2 is 1.92 bits per heavy atom. The maximum Gasteiger partial charge on any atom is 0.230 e. The number of amides is 1. The zero-order valence-electron chi connectivity index (χ0n) is 14.8. The van der Waals surface area contributed by atoms with Crippen molar-refractivity contribution >= 4 is 22.4 Å². The zero-order valence-corrected chi connectivity index (χ0v) is 15.6. The van der Waals surface area contributed by atoms with Gasteiger partial charge in [-0.2, -0.15) is 0 Å². The Balaban J connectivity index is 1.74. The summed E-state index contributed by atoms with van der Waals surface area (Å²) in [6.45, 7) is 3.96. The summed E-state index contributed by atoms with van der Waals surface area (Å²) >= 11 is 1.43. The molecule has 0 spiro atoms. The maximum atomic E-state index is 12.9. The van der Waals surface area contributed by atoms with Gasteiger partial charge >= 0.3 is 0 Å². The molecular formula is C20H19FN2O2S. The van der Waals surface area contributed by atoms with E-state index in [1.54, 1.807) is 19.2 Å². The van der Waals surface area contributed by atoms with Crippen LogP contribution < -0.4 is 10.1 Å². The fraction of sp³-hybridized carbons (Fsp3) is 0.200. The van der Waals surface area contributed by atoms with Crippen LogP contribution in [0, 0.1) is 19.7 Å². The number of carbonyl (C=O) groups is 1. The van der Waals surface area contributed by atoms with Gasteiger partial charge in [-0.25, -0.2) is 9.37 Å². The van der Waals surface area contributed by atoms with Crippen molar-refractivity contribution in [1.82, 2.24) is 4.98 Å². The summed E-state index contributed by atoms with van der Waals surface area (Å²) in [5, 5.41) is 3.38. The van der Waals surface area contributed by atoms with Crippen LogP contribution in [-0.4, -0.2) is 18.0 Å². The third-order valence-corrected chi connectivity index (χ3v) is 4.88. The quantitative estimate of drug-likeness (QED) is 0.705. The van der Waals surface area contributed by atoms with Gasteiger partial charge < -0.3 is 10.1 Å². The van der Waals surface area contributed by atoms with E-state index in [2.05, 4.69) is 10.3 Å². The van der Waals surface area contributed by atoms with E-state index < -0.39 is 0 Å². The number of nitrogens with zero attached hydrogens (tertiary/aromatic N) is 1. The highest BCUT2D eigenvalue weighted by atomic mass is 32.1. The fourth-order valence-electron chi connectivity index (χ4n) is 2.69. The van der Waals surface area contributed by atoms with E-state index in [0.29, 0.717) is 5.13 Å². The highest BCUT2D eigenvalue weighted by molar-refractivity contribution is 7.16. The third-order valence-electron chi connectivity index (χ3n) is 3.99. The number of hydrogen-bond donors (Lipinski definition) is 1. The predicted molar refractivity (Wildman–Crippen MR) is 102 cm³/mol. The van der Waals surface area contributed by atoms with E-state index in [1.807, 2.05) is 32.0 Å². The first-order valence-electron chi connectivity index (χ1n) is 8.13. The smallest absolute Gasteiger partial charge is 0.230 e. The average Bonchev–Trinajstić information content (AvgIpc) is 2.97. The molecule has 1 heterocycles. The number of halogens is 1. The van der Waals surface area contributed by atoms with Crippen molar-refractivity contribution < 1.29 is 13.9 Å². The van der Waals surface area contributed by atoms with Gasteiger partial charge in [-0.1, -0.05) is 12.1 Å². The van der Waals surface area contributed by atoms with Crippen LogP contribution in [0.5, 0.6) is 5.75 Å². The van der Waals surface area contributed by atoms with Gasteiger partial charge in [0.1, 0.15) is 11.6 Å². The second kappa shape index (κ2) is 7.66. The molecule has 134 valence electrons. The van der Waals surface area contributed by atoms with Gasteiger partial charge in [0.25, 0.3) is 0 Å². The molecular weight excluding hydrogens is 351 g/mol. The standard InChI is InChI=1S/C20H19FN2O2S/c1-12-10-15(6-9-17(12)25-3)19-13(2)26-20(23-19)22-18(24)11-14-4-7-16(21)8-5-14/h4-10H,11H2,1-3H3,(H,22,23,24). The minimum Gasteiger partial charge on any atom is -0.496 e. The number of methoxy groups -OCH3 is 1. The molecule has 0 aliphatic heterocycles. The first kappa shape index (κ1) is 18.1. The van der Waals surface area contributed by atoms with Gasteiger partial charge in [0.05, 0.1) is 19.2 Å². The van der Waals surface area contributed by atoms with Crippen LogP contribution in [0.15, 0.2) is 42.5 Å². The molecule has 26 heavy (non-hydrogen) atoms. The summed E-state index contributed by atoms with van der Waals surface area (Å²) in [7, 11) is 1.64. The van der Waals surface area contributed by atoms with E-state index in [1.165, 1.54) is 23.5 Å². The number of rotatable bonds is 5. The SMILES string of the molecule is COc1ccc(-c2nc(NC(=O)Cc3ccc(F)cc3)sc2C)cc1C. The Kier molecular flexibility index (Phi) is 5.32. The van der Waals surface area contributed by atoms with Gasteiger partial charge in [-0.3, -0.25) is 4.79 Å². The number of hydrogen-bond acceptors (Lipinski definition) is 4. The number of thiazole rings is 1. The first-order chi connectivity index (χ1) is 12.5. The molecule has 2 aromatic carbocycles. The normalized spacial score (nSPS) is 10.6. The number of carbonyl (C=O) groups excluding carboxylic acids is 1. The molecule has 0 aliphatic carbocycles. The van der Waals surface area contributed by atoms with Crippen LogP contribution in [0.1, 0.15) is 16.0 Å². The predicted octanol–water partition coefficient (Wildman–Crippen LogP) is 4.76. The molecule has 0 bridgehead atoms. The summed E-state index contributed by atoms with van der Waals surface area (Å²) in [5.41, 5.74) is 3.61. The molecule has 0 aliphatic rings. The largest absolute Gasteiger partial charge is 0.496 e. The monoisotopic (exact) mass is 370 g/mol. The van der Waals surface area contributed by atoms with Gasteiger partial charge in [0.2, 0.25) is 5.91 Å². The van der Waals surface area contributed by atoms with E-state index in [-0.39, 0.29) is 18.1 Å². The van der Waals surface area contributed by atoms with Crippen molar-refractivity contribution in [3.63, 3.8) is 0 Å². The Hall–Kier alpha value is -2.73. The lowest BCUT2D eigenvalue weighted by atomic mass is 10.1. The minimum absolute atomic E-state index is 0.176. The Bertz CT molecular complexity index is 935. The van der Waals surface area contributed by atoms with Crippen molar-refractivity contribution in [3.8, 4) is 17.0 Å². The molecule has 3 rings (SSSR count). The van der Waals surface area contributed by atoms with Crippen molar-refractivity contribution in [3.05, 3.63) is 64.3 Å². The molecule has 1 amide bonds. The van der Waals surface area contributed by atoms with Crippen molar-refractivity contribution in [1.29, 1.82) is 0 Å². The van der Waals surface area contributed by atoms with Crippen LogP contribution in [0.3, 0.4) is 0 Å². The molecule has 3 aromatic rings. The molecule has 0 radical (unpaired) electrons. The summed E-state index contributed by atoms with van der Waals surface area (Å²) in [6, 6.07) is 11.8. The van der Waals surface area contributed by atoms with Crippen molar-refractivity contribution in [2.45, 2.75) is 20.3 Å². The maximum absolute atomic E-state index is 12.9. The topological polar surface area (TPSA) is 51.2 Å². The second-order valence-corrected chi connectivity index (χ2v) is 7.16. The first-order valence-corrected chi connectivity index (χ1v) is 8.94. The highest BCUT2D eigenvalue weighted by Crippen LogP contribution is 2.32. The van der Waals surface area contributed by atoms with Gasteiger partial charge in [0, 0.05) is 10.4 Å². The molecule has 4 nitrogen and oxygen atoms in total. The lowest BCUT2D eigenvalue weighted by Gasteiger charge is -2.06. The van der Waals surface area contributed by atoms with E-state index in [0.717, 1.165) is 33.0 Å². The molecule has 0 atom stereocenters. The van der Waals surface area contributed by atoms with E-state index >= 15 is 0 Å². The summed E-state index contributed by atoms with van der Waals surface area (Å²) in [5.74, 6) is 0.335. The molecule has 1 aromatic heterocycles. The minimum atomic E-state index is -0.316. The highest BCUT2D eigenvalue weighted by Gasteiger charge is 2.13. The van der Waals surface area contributed by atoms with Gasteiger partial charge in [0.15, 0.2) is 5.13 Å². The van der Waals surface area contributed by atoms with Crippen LogP contribution in [-0.2, 0) is 11.2 Å². The number of aryl methyl sites for hydroxylation is 2. The van der Waals surface area contributed by atoms with Crippen LogP contribution in [0.25, 0.3) is 11.3 Å². The van der Waals surface area contributed by atoms with Crippen molar-refractivity contribution in [2.75, 3.05) is 12.4 Å². The van der Waals surface area contributed by atoms with Crippen LogP contribution >= 0.6 is 11.3 Å². The van der Waals surface area contributed by atoms with E-state index in [4.69, 9.17) is 4.74 Å². The van der Waals surface area contributed by atoms with Crippen LogP contribution in [0.2, 0.25) is 0 Å². The van der Waals surface area contributed by atoms with Crippen molar-refractivity contribution in [2.24, 2.45) is 0 Å². The molecule has 0 fully saturated rings.